The van der Waals surface area contributed by atoms with E-state index in [0.717, 1.165) is 22.2 Å². The van der Waals surface area contributed by atoms with Gasteiger partial charge in [0.2, 0.25) is 0 Å². The standard InChI is InChI=1S/C15H12BrF2NO2/c1-9-6-11(3-4-12(9)16)21-8-15(20)19-14-5-2-10(17)7-13(14)18/h2-7H,8H2,1H3,(H,19,20). The van der Waals surface area contributed by atoms with Crippen molar-refractivity contribution in [3.8, 4) is 5.75 Å². The van der Waals surface area contributed by atoms with Crippen LogP contribution in [0.4, 0.5) is 14.5 Å². The zero-order chi connectivity index (χ0) is 15.4. The van der Waals surface area contributed by atoms with E-state index in [1.807, 2.05) is 13.0 Å². The molecule has 0 aromatic heterocycles. The maximum atomic E-state index is 13.4. The molecule has 21 heavy (non-hydrogen) atoms. The molecule has 3 nitrogen and oxygen atoms in total. The number of amides is 1. The van der Waals surface area contributed by atoms with Crippen molar-refractivity contribution < 1.29 is 18.3 Å². The minimum atomic E-state index is -0.831. The van der Waals surface area contributed by atoms with Gasteiger partial charge in [-0.15, -0.1) is 0 Å². The largest absolute Gasteiger partial charge is 0.484 e. The number of halogens is 3. The molecule has 110 valence electrons. The van der Waals surface area contributed by atoms with Crippen molar-refractivity contribution in [1.29, 1.82) is 0 Å². The summed E-state index contributed by atoms with van der Waals surface area (Å²) in [5, 5.41) is 2.32. The molecule has 0 radical (unpaired) electrons. The molecule has 0 aliphatic heterocycles. The Kier molecular flexibility index (Phi) is 4.90. The van der Waals surface area contributed by atoms with E-state index in [9.17, 15) is 13.6 Å². The van der Waals surface area contributed by atoms with Gasteiger partial charge in [0.1, 0.15) is 17.4 Å². The van der Waals surface area contributed by atoms with E-state index in [1.165, 1.54) is 0 Å². The maximum absolute atomic E-state index is 13.4. The van der Waals surface area contributed by atoms with Gasteiger partial charge >= 0.3 is 0 Å². The number of benzene rings is 2. The number of nitrogens with one attached hydrogen (secondary N) is 1. The van der Waals surface area contributed by atoms with Gasteiger partial charge in [-0.2, -0.15) is 0 Å². The zero-order valence-corrected chi connectivity index (χ0v) is 12.7. The highest BCUT2D eigenvalue weighted by atomic mass is 79.9. The quantitative estimate of drug-likeness (QED) is 0.898. The lowest BCUT2D eigenvalue weighted by Gasteiger charge is -2.09. The van der Waals surface area contributed by atoms with Crippen LogP contribution in [0.2, 0.25) is 0 Å². The molecule has 0 aliphatic rings. The van der Waals surface area contributed by atoms with Crippen LogP contribution in [0.5, 0.6) is 5.75 Å². The van der Waals surface area contributed by atoms with Crippen LogP contribution in [-0.2, 0) is 4.79 Å². The van der Waals surface area contributed by atoms with E-state index in [2.05, 4.69) is 21.2 Å². The molecule has 6 heteroatoms. The summed E-state index contributed by atoms with van der Waals surface area (Å²) in [7, 11) is 0. The molecular weight excluding hydrogens is 344 g/mol. The second-order valence-corrected chi connectivity index (χ2v) is 5.23. The average Bonchev–Trinajstić information content (AvgIpc) is 2.43. The second-order valence-electron chi connectivity index (χ2n) is 4.37. The third kappa shape index (κ3) is 4.26. The van der Waals surface area contributed by atoms with Crippen molar-refractivity contribution in [2.45, 2.75) is 6.92 Å². The van der Waals surface area contributed by atoms with Crippen molar-refractivity contribution in [2.24, 2.45) is 0 Å². The fourth-order valence-corrected chi connectivity index (χ4v) is 1.88. The van der Waals surface area contributed by atoms with E-state index < -0.39 is 17.5 Å². The van der Waals surface area contributed by atoms with Crippen LogP contribution in [0.25, 0.3) is 0 Å². The summed E-state index contributed by atoms with van der Waals surface area (Å²) in [5.41, 5.74) is 0.884. The van der Waals surface area contributed by atoms with Crippen molar-refractivity contribution in [3.63, 3.8) is 0 Å². The summed E-state index contributed by atoms with van der Waals surface area (Å²) >= 11 is 3.36. The van der Waals surface area contributed by atoms with Crippen LogP contribution >= 0.6 is 15.9 Å². The van der Waals surface area contributed by atoms with E-state index >= 15 is 0 Å². The molecule has 2 rings (SSSR count). The Hall–Kier alpha value is -1.95. The Balaban J connectivity index is 1.94. The topological polar surface area (TPSA) is 38.3 Å². The first kappa shape index (κ1) is 15.4. The van der Waals surface area contributed by atoms with Crippen molar-refractivity contribution >= 4 is 27.5 Å². The molecule has 0 saturated carbocycles. The smallest absolute Gasteiger partial charge is 0.262 e. The summed E-state index contributed by atoms with van der Waals surface area (Å²) in [6, 6.07) is 8.22. The molecule has 0 heterocycles. The third-order valence-electron chi connectivity index (χ3n) is 2.70. The summed E-state index contributed by atoms with van der Waals surface area (Å²) in [4.78, 5) is 11.7. The number of carbonyl (C=O) groups is 1. The highest BCUT2D eigenvalue weighted by Gasteiger charge is 2.09. The molecule has 2 aromatic carbocycles. The molecule has 2 aromatic rings. The van der Waals surface area contributed by atoms with E-state index in [4.69, 9.17) is 4.74 Å². The summed E-state index contributed by atoms with van der Waals surface area (Å²) in [6.45, 7) is 1.63. The maximum Gasteiger partial charge on any atom is 0.262 e. The van der Waals surface area contributed by atoms with E-state index in [1.54, 1.807) is 12.1 Å². The van der Waals surface area contributed by atoms with Crippen LogP contribution in [0.1, 0.15) is 5.56 Å². The van der Waals surface area contributed by atoms with Gasteiger partial charge in [-0.3, -0.25) is 4.79 Å². The van der Waals surface area contributed by atoms with E-state index in [-0.39, 0.29) is 12.3 Å². The Morgan fingerprint density at radius 3 is 2.67 bits per heavy atom. The molecule has 0 saturated heterocycles. The minimum Gasteiger partial charge on any atom is -0.484 e. The predicted molar refractivity (Wildman–Crippen MR) is 79.4 cm³/mol. The molecule has 1 amide bonds. The number of aryl methyl sites for hydroxylation is 1. The van der Waals surface area contributed by atoms with Crippen LogP contribution < -0.4 is 10.1 Å². The third-order valence-corrected chi connectivity index (χ3v) is 3.59. The lowest BCUT2D eigenvalue weighted by molar-refractivity contribution is -0.118. The lowest BCUT2D eigenvalue weighted by atomic mass is 10.2. The zero-order valence-electron chi connectivity index (χ0n) is 11.1. The fraction of sp³-hybridized carbons (Fsp3) is 0.133. The lowest BCUT2D eigenvalue weighted by Crippen LogP contribution is -2.20. The number of rotatable bonds is 4. The molecule has 0 unspecified atom stereocenters. The van der Waals surface area contributed by atoms with Crippen LogP contribution in [0.3, 0.4) is 0 Å². The monoisotopic (exact) mass is 355 g/mol. The number of carbonyl (C=O) groups excluding carboxylic acids is 1. The first-order valence-electron chi connectivity index (χ1n) is 6.09. The van der Waals surface area contributed by atoms with Gasteiger partial charge in [0, 0.05) is 10.5 Å². The van der Waals surface area contributed by atoms with Crippen molar-refractivity contribution in [2.75, 3.05) is 11.9 Å². The normalized spacial score (nSPS) is 10.3. The number of ether oxygens (including phenoxy) is 1. The van der Waals surface area contributed by atoms with Crippen LogP contribution in [-0.4, -0.2) is 12.5 Å². The Labute approximate surface area is 129 Å². The van der Waals surface area contributed by atoms with Crippen molar-refractivity contribution in [3.05, 3.63) is 58.1 Å². The number of hydrogen-bond donors (Lipinski definition) is 1. The van der Waals surface area contributed by atoms with E-state index in [0.29, 0.717) is 11.8 Å². The van der Waals surface area contributed by atoms with Gasteiger partial charge in [0.15, 0.2) is 6.61 Å². The first-order chi connectivity index (χ1) is 9.95. The molecule has 0 fully saturated rings. The average molecular weight is 356 g/mol. The molecule has 0 atom stereocenters. The van der Waals surface area contributed by atoms with Gasteiger partial charge in [0.05, 0.1) is 5.69 Å². The summed E-state index contributed by atoms with van der Waals surface area (Å²) in [5.74, 6) is -1.53. The second kappa shape index (κ2) is 6.67. The fourth-order valence-electron chi connectivity index (χ4n) is 1.63. The minimum absolute atomic E-state index is 0.0861. The number of anilines is 1. The SMILES string of the molecule is Cc1cc(OCC(=O)Nc2ccc(F)cc2F)ccc1Br. The van der Waals surface area contributed by atoms with Gasteiger partial charge in [-0.25, -0.2) is 8.78 Å². The first-order valence-corrected chi connectivity index (χ1v) is 6.89. The van der Waals surface area contributed by atoms with Crippen LogP contribution in [0.15, 0.2) is 40.9 Å². The highest BCUT2D eigenvalue weighted by molar-refractivity contribution is 9.10. The van der Waals surface area contributed by atoms with Gasteiger partial charge in [-0.05, 0) is 42.8 Å². The van der Waals surface area contributed by atoms with Crippen molar-refractivity contribution in [1.82, 2.24) is 0 Å². The Bertz CT molecular complexity index is 677. The molecule has 1 N–H and O–H groups in total. The summed E-state index contributed by atoms with van der Waals surface area (Å²) < 4.78 is 32.4. The molecule has 0 spiro atoms. The Morgan fingerprint density at radius 1 is 1.24 bits per heavy atom. The van der Waals surface area contributed by atoms with Gasteiger partial charge in [0.25, 0.3) is 5.91 Å². The predicted octanol–water partition coefficient (Wildman–Crippen LogP) is 4.05. The molecular formula is C15H12BrF2NO2. The highest BCUT2D eigenvalue weighted by Crippen LogP contribution is 2.21. The number of hydrogen-bond acceptors (Lipinski definition) is 2. The summed E-state index contributed by atoms with van der Waals surface area (Å²) in [6.07, 6.45) is 0. The Morgan fingerprint density at radius 2 is 2.00 bits per heavy atom. The molecule has 0 bridgehead atoms. The molecule has 0 aliphatic carbocycles. The van der Waals surface area contributed by atoms with Crippen LogP contribution in [0, 0.1) is 18.6 Å². The van der Waals surface area contributed by atoms with Gasteiger partial charge < -0.3 is 10.1 Å². The van der Waals surface area contributed by atoms with Gasteiger partial charge in [-0.1, -0.05) is 15.9 Å².